The maximum atomic E-state index is 12.3. The summed E-state index contributed by atoms with van der Waals surface area (Å²) >= 11 is 0. The van der Waals surface area contributed by atoms with Crippen LogP contribution in [0.1, 0.15) is 31.7 Å². The number of amides is 2. The third kappa shape index (κ3) is 2.52. The molecule has 6 rings (SSSR count). The van der Waals surface area contributed by atoms with Gasteiger partial charge >= 0.3 is 0 Å². The van der Waals surface area contributed by atoms with Crippen molar-refractivity contribution in [1.29, 1.82) is 0 Å². The van der Waals surface area contributed by atoms with E-state index in [1.807, 2.05) is 31.2 Å². The summed E-state index contributed by atoms with van der Waals surface area (Å²) in [5.74, 6) is 0.695. The van der Waals surface area contributed by atoms with Crippen LogP contribution in [-0.4, -0.2) is 39.4 Å². The lowest BCUT2D eigenvalue weighted by molar-refractivity contribution is -0.119. The first kappa shape index (κ1) is 17.4. The van der Waals surface area contributed by atoms with E-state index < -0.39 is 0 Å². The third-order valence-corrected chi connectivity index (χ3v) is 6.61. The maximum Gasteiger partial charge on any atom is 0.243 e. The number of H-pyrrole nitrogens is 1. The number of carbonyl (C=O) groups is 2. The first-order valence-corrected chi connectivity index (χ1v) is 10.3. The number of hydrogen-bond donors (Lipinski definition) is 3. The van der Waals surface area contributed by atoms with Crippen LogP contribution in [0.2, 0.25) is 0 Å². The van der Waals surface area contributed by atoms with E-state index >= 15 is 0 Å². The number of rotatable bonds is 4. The van der Waals surface area contributed by atoms with Crippen LogP contribution in [0.25, 0.3) is 22.3 Å². The van der Waals surface area contributed by atoms with Gasteiger partial charge in [-0.05, 0) is 37.5 Å². The molecule has 30 heavy (non-hydrogen) atoms. The number of benzene rings is 1. The number of ether oxygens (including phenoxy) is 1. The van der Waals surface area contributed by atoms with E-state index in [-0.39, 0.29) is 29.3 Å². The summed E-state index contributed by atoms with van der Waals surface area (Å²) in [4.78, 5) is 36.1. The van der Waals surface area contributed by atoms with Crippen molar-refractivity contribution < 1.29 is 14.3 Å². The highest BCUT2D eigenvalue weighted by Gasteiger charge is 2.56. The monoisotopic (exact) mass is 403 g/mol. The average Bonchev–Trinajstić information content (AvgIpc) is 3.05. The molecule has 8 nitrogen and oxygen atoms in total. The predicted octanol–water partition coefficient (Wildman–Crippen LogP) is 2.51. The number of nitrogens with zero attached hydrogens (tertiary/aromatic N) is 2. The van der Waals surface area contributed by atoms with Crippen molar-refractivity contribution in [3.63, 3.8) is 0 Å². The molecule has 0 bridgehead atoms. The molecule has 4 heterocycles. The number of anilines is 1. The highest BCUT2D eigenvalue weighted by molar-refractivity contribution is 6.08. The Labute approximate surface area is 172 Å². The molecule has 3 aliphatic rings. The fraction of sp³-hybridized carbons (Fsp3) is 0.364. The third-order valence-electron chi connectivity index (χ3n) is 6.61. The molecule has 8 heteroatoms. The van der Waals surface area contributed by atoms with E-state index in [1.54, 1.807) is 6.33 Å². The molecule has 1 saturated carbocycles. The zero-order valence-electron chi connectivity index (χ0n) is 16.5. The Morgan fingerprint density at radius 2 is 2.10 bits per heavy atom. The van der Waals surface area contributed by atoms with E-state index in [9.17, 15) is 9.59 Å². The normalized spacial score (nSPS) is 22.1. The molecule has 2 amide bonds. The zero-order chi connectivity index (χ0) is 20.5. The quantitative estimate of drug-likeness (QED) is 0.620. The molecule has 3 N–H and O–H groups in total. The molecule has 2 fully saturated rings. The van der Waals surface area contributed by atoms with Crippen molar-refractivity contribution in [1.82, 2.24) is 20.3 Å². The largest absolute Gasteiger partial charge is 0.473 e. The minimum Gasteiger partial charge on any atom is -0.473 e. The summed E-state index contributed by atoms with van der Waals surface area (Å²) in [6.45, 7) is 2.56. The molecule has 0 radical (unpaired) electrons. The molecule has 1 aliphatic carbocycles. The van der Waals surface area contributed by atoms with Crippen molar-refractivity contribution in [3.05, 3.63) is 36.2 Å². The van der Waals surface area contributed by atoms with Gasteiger partial charge in [-0.25, -0.2) is 9.97 Å². The van der Waals surface area contributed by atoms with Crippen LogP contribution in [0.15, 0.2) is 30.6 Å². The molecule has 2 aliphatic heterocycles. The Kier molecular flexibility index (Phi) is 3.51. The van der Waals surface area contributed by atoms with Crippen molar-refractivity contribution in [2.75, 3.05) is 11.9 Å². The van der Waals surface area contributed by atoms with E-state index in [4.69, 9.17) is 9.72 Å². The second kappa shape index (κ2) is 6.04. The molecular weight excluding hydrogens is 382 g/mol. The van der Waals surface area contributed by atoms with Gasteiger partial charge < -0.3 is 20.4 Å². The van der Waals surface area contributed by atoms with E-state index in [2.05, 4.69) is 20.6 Å². The summed E-state index contributed by atoms with van der Waals surface area (Å²) < 4.78 is 6.18. The Hall–Kier alpha value is -3.42. The van der Waals surface area contributed by atoms with Gasteiger partial charge in [0.15, 0.2) is 5.52 Å². The molecule has 1 aromatic carbocycles. The van der Waals surface area contributed by atoms with Gasteiger partial charge in [-0.15, -0.1) is 0 Å². The molecule has 2 atom stereocenters. The minimum atomic E-state index is -0.301. The van der Waals surface area contributed by atoms with Gasteiger partial charge in [0.25, 0.3) is 0 Å². The second-order valence-electron chi connectivity index (χ2n) is 8.50. The van der Waals surface area contributed by atoms with Gasteiger partial charge in [0, 0.05) is 30.1 Å². The Balaban J connectivity index is 1.36. The van der Waals surface area contributed by atoms with E-state index in [1.165, 1.54) is 0 Å². The Morgan fingerprint density at radius 1 is 1.23 bits per heavy atom. The molecule has 0 unspecified atom stereocenters. The number of imidazole rings is 1. The van der Waals surface area contributed by atoms with Crippen molar-refractivity contribution in [3.8, 4) is 17.1 Å². The zero-order valence-corrected chi connectivity index (χ0v) is 16.5. The molecular formula is C22H21N5O3. The van der Waals surface area contributed by atoms with Gasteiger partial charge in [-0.1, -0.05) is 12.1 Å². The van der Waals surface area contributed by atoms with Crippen molar-refractivity contribution >= 4 is 28.5 Å². The SMILES string of the molecule is C[C@@H](Oc1nc(-c2ccc3c(c2)NC(=O)C32CC2)cc2[nH]cnc12)[C@H]1CNC(=O)C1. The minimum absolute atomic E-state index is 0.0516. The number of aromatic nitrogens is 3. The summed E-state index contributed by atoms with van der Waals surface area (Å²) in [6, 6.07) is 7.97. The van der Waals surface area contributed by atoms with Crippen LogP contribution in [0, 0.1) is 5.92 Å². The van der Waals surface area contributed by atoms with Crippen LogP contribution in [0.5, 0.6) is 5.88 Å². The first-order chi connectivity index (χ1) is 14.5. The Morgan fingerprint density at radius 3 is 2.87 bits per heavy atom. The smallest absolute Gasteiger partial charge is 0.243 e. The van der Waals surface area contributed by atoms with Crippen LogP contribution in [-0.2, 0) is 15.0 Å². The number of fused-ring (bicyclic) bond motifs is 3. The molecule has 3 aromatic rings. The average molecular weight is 403 g/mol. The van der Waals surface area contributed by atoms with Gasteiger partial charge in [0.05, 0.1) is 23.0 Å². The summed E-state index contributed by atoms with van der Waals surface area (Å²) in [5, 5.41) is 5.87. The number of aromatic amines is 1. The van der Waals surface area contributed by atoms with Crippen molar-refractivity contribution in [2.45, 2.75) is 37.7 Å². The lowest BCUT2D eigenvalue weighted by Crippen LogP contribution is -2.26. The lowest BCUT2D eigenvalue weighted by Gasteiger charge is -2.19. The molecule has 1 saturated heterocycles. The maximum absolute atomic E-state index is 12.3. The summed E-state index contributed by atoms with van der Waals surface area (Å²) in [5.41, 5.74) is 4.78. The van der Waals surface area contributed by atoms with Gasteiger partial charge in [-0.2, -0.15) is 0 Å². The van der Waals surface area contributed by atoms with Crippen LogP contribution >= 0.6 is 0 Å². The highest BCUT2D eigenvalue weighted by atomic mass is 16.5. The molecule has 2 aromatic heterocycles. The fourth-order valence-corrected chi connectivity index (χ4v) is 4.59. The first-order valence-electron chi connectivity index (χ1n) is 10.3. The number of hydrogen-bond acceptors (Lipinski definition) is 5. The van der Waals surface area contributed by atoms with Crippen LogP contribution in [0.4, 0.5) is 5.69 Å². The highest BCUT2D eigenvalue weighted by Crippen LogP contribution is 2.55. The van der Waals surface area contributed by atoms with E-state index in [0.29, 0.717) is 24.4 Å². The predicted molar refractivity (Wildman–Crippen MR) is 110 cm³/mol. The topological polar surface area (TPSA) is 109 Å². The standard InChI is InChI=1S/C22H21N5O3/c1-11(13-7-18(28)23-9-13)30-20-19-17(24-10-25-19)8-15(26-20)12-2-3-14-16(6-12)27-21(29)22(14)4-5-22/h2-3,6,8,10-11,13H,4-5,7,9H2,1H3,(H,23,28)(H,24,25)(H,27,29)/t11-,13-/m1/s1. The fourth-order valence-electron chi connectivity index (χ4n) is 4.59. The second-order valence-corrected chi connectivity index (χ2v) is 8.50. The van der Waals surface area contributed by atoms with Gasteiger partial charge in [-0.3, -0.25) is 9.59 Å². The lowest BCUT2D eigenvalue weighted by atomic mass is 9.96. The Bertz CT molecular complexity index is 1210. The molecule has 1 spiro atoms. The molecule has 152 valence electrons. The number of carbonyl (C=O) groups excluding carboxylic acids is 2. The summed E-state index contributed by atoms with van der Waals surface area (Å²) in [7, 11) is 0. The van der Waals surface area contributed by atoms with Crippen LogP contribution in [0.3, 0.4) is 0 Å². The summed E-state index contributed by atoms with van der Waals surface area (Å²) in [6.07, 6.45) is 3.72. The van der Waals surface area contributed by atoms with Crippen LogP contribution < -0.4 is 15.4 Å². The van der Waals surface area contributed by atoms with E-state index in [0.717, 1.165) is 40.9 Å². The number of pyridine rings is 1. The van der Waals surface area contributed by atoms with Crippen molar-refractivity contribution in [2.24, 2.45) is 5.92 Å². The van der Waals surface area contributed by atoms with Gasteiger partial charge in [0.2, 0.25) is 17.7 Å². The number of nitrogens with one attached hydrogen (secondary N) is 3. The van der Waals surface area contributed by atoms with Gasteiger partial charge in [0.1, 0.15) is 6.10 Å².